The molecule has 0 N–H and O–H groups in total. The Balaban J connectivity index is 1.69. The molecule has 0 radical (unpaired) electrons. The Bertz CT molecular complexity index is 1150. The van der Waals surface area contributed by atoms with Gasteiger partial charge in [-0.15, -0.1) is 0 Å². The third kappa shape index (κ3) is 8.71. The Kier molecular flexibility index (Phi) is 11.3. The van der Waals surface area contributed by atoms with Crippen molar-refractivity contribution in [3.05, 3.63) is 77.2 Å². The summed E-state index contributed by atoms with van der Waals surface area (Å²) in [5.74, 6) is 1.85. The van der Waals surface area contributed by atoms with E-state index in [9.17, 15) is 9.59 Å². The summed E-state index contributed by atoms with van der Waals surface area (Å²) in [4.78, 5) is 29.5. The SMILES string of the molecule is COCCN(CC(=O)N(CCc1ccc(OC)c(OC)c1)Cc1ccco1)C(=O)COc1ccc(Cl)cc1. The molecule has 0 saturated heterocycles. The first-order chi connectivity index (χ1) is 18.4. The first kappa shape index (κ1) is 28.9. The summed E-state index contributed by atoms with van der Waals surface area (Å²) < 4.78 is 27.0. The number of rotatable bonds is 15. The van der Waals surface area contributed by atoms with Crippen molar-refractivity contribution in [2.45, 2.75) is 13.0 Å². The summed E-state index contributed by atoms with van der Waals surface area (Å²) in [7, 11) is 4.70. The van der Waals surface area contributed by atoms with Crippen LogP contribution in [0.25, 0.3) is 0 Å². The molecule has 2 aromatic carbocycles. The van der Waals surface area contributed by atoms with E-state index < -0.39 is 0 Å². The van der Waals surface area contributed by atoms with Gasteiger partial charge in [0.2, 0.25) is 5.91 Å². The summed E-state index contributed by atoms with van der Waals surface area (Å²) in [6.07, 6.45) is 2.13. The number of furan rings is 1. The van der Waals surface area contributed by atoms with E-state index in [2.05, 4.69) is 0 Å². The van der Waals surface area contributed by atoms with Gasteiger partial charge in [-0.1, -0.05) is 17.7 Å². The van der Waals surface area contributed by atoms with Gasteiger partial charge in [0.05, 0.1) is 40.2 Å². The maximum absolute atomic E-state index is 13.5. The van der Waals surface area contributed by atoms with Gasteiger partial charge in [-0.3, -0.25) is 9.59 Å². The third-order valence-electron chi connectivity index (χ3n) is 5.82. The fraction of sp³-hybridized carbons (Fsp3) is 0.357. The highest BCUT2D eigenvalue weighted by atomic mass is 35.5. The van der Waals surface area contributed by atoms with Crippen LogP contribution in [-0.2, 0) is 27.3 Å². The maximum Gasteiger partial charge on any atom is 0.261 e. The zero-order chi connectivity index (χ0) is 27.3. The molecular formula is C28H33ClN2O7. The van der Waals surface area contributed by atoms with Crippen molar-refractivity contribution in [2.24, 2.45) is 0 Å². The molecule has 1 aromatic heterocycles. The third-order valence-corrected chi connectivity index (χ3v) is 6.07. The lowest BCUT2D eigenvalue weighted by atomic mass is 10.1. The average Bonchev–Trinajstić information content (AvgIpc) is 3.45. The highest BCUT2D eigenvalue weighted by molar-refractivity contribution is 6.30. The molecule has 0 unspecified atom stereocenters. The summed E-state index contributed by atoms with van der Waals surface area (Å²) in [5.41, 5.74) is 0.976. The molecule has 0 fully saturated rings. The molecule has 0 aliphatic carbocycles. The van der Waals surface area contributed by atoms with Gasteiger partial charge in [0.25, 0.3) is 5.91 Å². The zero-order valence-corrected chi connectivity index (χ0v) is 22.6. The number of halogens is 1. The van der Waals surface area contributed by atoms with E-state index >= 15 is 0 Å². The largest absolute Gasteiger partial charge is 0.493 e. The van der Waals surface area contributed by atoms with Crippen LogP contribution in [0.4, 0.5) is 0 Å². The number of methoxy groups -OCH3 is 3. The number of benzene rings is 2. The minimum Gasteiger partial charge on any atom is -0.493 e. The molecule has 0 saturated carbocycles. The van der Waals surface area contributed by atoms with Crippen molar-refractivity contribution < 1.29 is 33.0 Å². The summed E-state index contributed by atoms with van der Waals surface area (Å²) in [6.45, 7) is 0.857. The van der Waals surface area contributed by atoms with Gasteiger partial charge in [0.15, 0.2) is 18.1 Å². The van der Waals surface area contributed by atoms with Crippen LogP contribution in [0, 0.1) is 0 Å². The molecule has 2 amide bonds. The zero-order valence-electron chi connectivity index (χ0n) is 21.9. The quantitative estimate of drug-likeness (QED) is 0.285. The van der Waals surface area contributed by atoms with E-state index in [4.69, 9.17) is 35.0 Å². The molecule has 0 spiro atoms. The number of hydrogen-bond acceptors (Lipinski definition) is 7. The molecule has 0 aliphatic heterocycles. The lowest BCUT2D eigenvalue weighted by molar-refractivity contribution is -0.142. The minimum absolute atomic E-state index is 0.126. The molecule has 0 aliphatic rings. The summed E-state index contributed by atoms with van der Waals surface area (Å²) in [5, 5.41) is 0.570. The lowest BCUT2D eigenvalue weighted by Gasteiger charge is -2.27. The number of hydrogen-bond donors (Lipinski definition) is 0. The van der Waals surface area contributed by atoms with Gasteiger partial charge in [0, 0.05) is 25.2 Å². The van der Waals surface area contributed by atoms with E-state index in [-0.39, 0.29) is 44.7 Å². The number of carbonyl (C=O) groups is 2. The van der Waals surface area contributed by atoms with E-state index in [1.54, 1.807) is 62.8 Å². The number of amides is 2. The van der Waals surface area contributed by atoms with Gasteiger partial charge >= 0.3 is 0 Å². The number of nitrogens with zero attached hydrogens (tertiary/aromatic N) is 2. The Morgan fingerprint density at radius 1 is 0.895 bits per heavy atom. The molecule has 1 heterocycles. The summed E-state index contributed by atoms with van der Waals surface area (Å²) >= 11 is 5.91. The first-order valence-corrected chi connectivity index (χ1v) is 12.5. The van der Waals surface area contributed by atoms with Crippen LogP contribution in [0.3, 0.4) is 0 Å². The van der Waals surface area contributed by atoms with Crippen molar-refractivity contribution in [3.8, 4) is 17.2 Å². The van der Waals surface area contributed by atoms with Crippen LogP contribution in [0.5, 0.6) is 17.2 Å². The van der Waals surface area contributed by atoms with Crippen molar-refractivity contribution in [1.82, 2.24) is 9.80 Å². The second-order valence-corrected chi connectivity index (χ2v) is 8.82. The fourth-order valence-corrected chi connectivity index (χ4v) is 3.83. The molecule has 38 heavy (non-hydrogen) atoms. The maximum atomic E-state index is 13.5. The predicted molar refractivity (Wildman–Crippen MR) is 143 cm³/mol. The first-order valence-electron chi connectivity index (χ1n) is 12.1. The normalized spacial score (nSPS) is 10.6. The lowest BCUT2D eigenvalue weighted by Crippen LogP contribution is -2.46. The van der Waals surface area contributed by atoms with Crippen molar-refractivity contribution >= 4 is 23.4 Å². The van der Waals surface area contributed by atoms with E-state index in [1.807, 2.05) is 24.3 Å². The van der Waals surface area contributed by atoms with E-state index in [1.165, 1.54) is 4.90 Å². The average molecular weight is 545 g/mol. The molecule has 10 heteroatoms. The Hall–Kier alpha value is -3.69. The van der Waals surface area contributed by atoms with Crippen molar-refractivity contribution in [3.63, 3.8) is 0 Å². The van der Waals surface area contributed by atoms with Crippen molar-refractivity contribution in [1.29, 1.82) is 0 Å². The van der Waals surface area contributed by atoms with Crippen LogP contribution >= 0.6 is 11.6 Å². The van der Waals surface area contributed by atoms with Crippen LogP contribution in [0.2, 0.25) is 5.02 Å². The molecule has 0 bridgehead atoms. The van der Waals surface area contributed by atoms with Crippen LogP contribution < -0.4 is 14.2 Å². The monoisotopic (exact) mass is 544 g/mol. The van der Waals surface area contributed by atoms with Gasteiger partial charge in [-0.25, -0.2) is 0 Å². The minimum atomic E-state index is -0.330. The molecule has 3 aromatic rings. The molecule has 3 rings (SSSR count). The Morgan fingerprint density at radius 2 is 1.66 bits per heavy atom. The van der Waals surface area contributed by atoms with E-state index in [0.29, 0.717) is 41.0 Å². The standard InChI is InChI=1S/C28H33ClN2O7/c1-34-16-14-31(28(33)20-38-23-9-7-22(29)8-10-23)19-27(32)30(18-24-5-4-15-37-24)13-12-21-6-11-25(35-2)26(17-21)36-3/h4-11,15,17H,12-14,16,18-20H2,1-3H3. The second-order valence-electron chi connectivity index (χ2n) is 8.38. The van der Waals surface area contributed by atoms with Crippen LogP contribution in [-0.4, -0.2) is 75.8 Å². The number of ether oxygens (including phenoxy) is 4. The fourth-order valence-electron chi connectivity index (χ4n) is 3.71. The highest BCUT2D eigenvalue weighted by Gasteiger charge is 2.23. The molecular weight excluding hydrogens is 512 g/mol. The smallest absolute Gasteiger partial charge is 0.261 e. The highest BCUT2D eigenvalue weighted by Crippen LogP contribution is 2.28. The second kappa shape index (κ2) is 14.9. The predicted octanol–water partition coefficient (Wildman–Crippen LogP) is 4.08. The molecule has 9 nitrogen and oxygen atoms in total. The number of carbonyl (C=O) groups excluding carboxylic acids is 2. The summed E-state index contributed by atoms with van der Waals surface area (Å²) in [6, 6.07) is 15.9. The molecule has 0 atom stereocenters. The van der Waals surface area contributed by atoms with Crippen LogP contribution in [0.1, 0.15) is 11.3 Å². The van der Waals surface area contributed by atoms with Crippen LogP contribution in [0.15, 0.2) is 65.3 Å². The Morgan fingerprint density at radius 3 is 2.32 bits per heavy atom. The van der Waals surface area contributed by atoms with Gasteiger partial charge in [0.1, 0.15) is 11.5 Å². The molecule has 204 valence electrons. The van der Waals surface area contributed by atoms with Gasteiger partial charge < -0.3 is 33.2 Å². The Labute approximate surface area is 227 Å². The topological polar surface area (TPSA) is 90.7 Å². The van der Waals surface area contributed by atoms with Gasteiger partial charge in [-0.2, -0.15) is 0 Å². The van der Waals surface area contributed by atoms with Gasteiger partial charge in [-0.05, 0) is 60.5 Å². The van der Waals surface area contributed by atoms with E-state index in [0.717, 1.165) is 5.56 Å². The van der Waals surface area contributed by atoms with Crippen molar-refractivity contribution in [2.75, 3.05) is 54.2 Å².